The van der Waals surface area contributed by atoms with Gasteiger partial charge in [0, 0.05) is 56.4 Å². The van der Waals surface area contributed by atoms with Crippen LogP contribution in [0.5, 0.6) is 0 Å². The maximum atomic E-state index is 14.2. The van der Waals surface area contributed by atoms with Gasteiger partial charge in [0.15, 0.2) is 0 Å². The van der Waals surface area contributed by atoms with Crippen LogP contribution in [0.15, 0.2) is 109 Å². The largest absolute Gasteiger partial charge is 0.334 e. The Hall–Kier alpha value is -4.88. The lowest BCUT2D eigenvalue weighted by atomic mass is 10.0. The van der Waals surface area contributed by atoms with Crippen LogP contribution in [0.3, 0.4) is 0 Å². The van der Waals surface area contributed by atoms with Gasteiger partial charge < -0.3 is 9.80 Å². The molecule has 2 amide bonds. The molecular formula is C38H37FN4O2. The topological polar surface area (TPSA) is 56.8 Å². The molecule has 2 heterocycles. The third kappa shape index (κ3) is 7.10. The number of rotatable bonds is 4. The van der Waals surface area contributed by atoms with Crippen LogP contribution in [0.1, 0.15) is 50.2 Å². The summed E-state index contributed by atoms with van der Waals surface area (Å²) in [7, 11) is 0. The Balaban J connectivity index is 1.38. The molecule has 7 heteroatoms. The summed E-state index contributed by atoms with van der Waals surface area (Å²) in [5, 5.41) is 0.916. The van der Waals surface area contributed by atoms with Gasteiger partial charge in [-0.05, 0) is 72.9 Å². The van der Waals surface area contributed by atoms with E-state index in [4.69, 9.17) is 0 Å². The normalized spacial score (nSPS) is 14.8. The van der Waals surface area contributed by atoms with Crippen molar-refractivity contribution in [1.82, 2.24) is 14.8 Å². The first-order valence-electron chi connectivity index (χ1n) is 15.5. The summed E-state index contributed by atoms with van der Waals surface area (Å²) in [5.74, 6) is -0.664. The molecule has 228 valence electrons. The minimum atomic E-state index is -0.384. The van der Waals surface area contributed by atoms with Crippen molar-refractivity contribution in [1.29, 1.82) is 0 Å². The van der Waals surface area contributed by atoms with Crippen LogP contribution in [0.2, 0.25) is 0 Å². The summed E-state index contributed by atoms with van der Waals surface area (Å²) in [4.78, 5) is 38.9. The van der Waals surface area contributed by atoms with E-state index >= 15 is 0 Å². The SMILES string of the molecule is Cc1cccc2c1N(C(=O)c1ccc(F)cc1)CCCN(Cc1ccccc1)CCCN(C(=O)c1cnc3ccccc3c1)C2. The van der Waals surface area contributed by atoms with Gasteiger partial charge in [0.25, 0.3) is 11.8 Å². The molecule has 0 spiro atoms. The number of aromatic nitrogens is 1. The zero-order chi connectivity index (χ0) is 31.2. The van der Waals surface area contributed by atoms with E-state index in [1.807, 2.05) is 83.5 Å². The molecule has 0 N–H and O–H groups in total. The second-order valence-corrected chi connectivity index (χ2v) is 11.7. The molecule has 5 aromatic rings. The lowest BCUT2D eigenvalue weighted by Gasteiger charge is -2.32. The highest BCUT2D eigenvalue weighted by molar-refractivity contribution is 6.07. The number of carbonyl (C=O) groups is 2. The van der Waals surface area contributed by atoms with Gasteiger partial charge in [0.05, 0.1) is 16.8 Å². The van der Waals surface area contributed by atoms with E-state index in [9.17, 15) is 14.0 Å². The number of carbonyl (C=O) groups excluding carboxylic acids is 2. The van der Waals surface area contributed by atoms with Gasteiger partial charge in [-0.3, -0.25) is 19.5 Å². The average Bonchev–Trinajstić information content (AvgIpc) is 3.06. The average molecular weight is 601 g/mol. The van der Waals surface area contributed by atoms with E-state index in [1.54, 1.807) is 6.20 Å². The summed E-state index contributed by atoms with van der Waals surface area (Å²) in [5.41, 5.74) is 5.67. The summed E-state index contributed by atoms with van der Waals surface area (Å²) >= 11 is 0. The van der Waals surface area contributed by atoms with E-state index in [1.165, 1.54) is 29.8 Å². The first-order chi connectivity index (χ1) is 22.0. The maximum absolute atomic E-state index is 14.2. The van der Waals surface area contributed by atoms with Crippen molar-refractivity contribution in [3.05, 3.63) is 143 Å². The first-order valence-corrected chi connectivity index (χ1v) is 15.5. The Labute approximate surface area is 263 Å². The molecule has 0 bridgehead atoms. The zero-order valence-electron chi connectivity index (χ0n) is 25.5. The quantitative estimate of drug-likeness (QED) is 0.218. The summed E-state index contributed by atoms with van der Waals surface area (Å²) in [6.07, 6.45) is 3.22. The highest BCUT2D eigenvalue weighted by Crippen LogP contribution is 2.30. The lowest BCUT2D eigenvalue weighted by molar-refractivity contribution is 0.0733. The van der Waals surface area contributed by atoms with Gasteiger partial charge in [0.2, 0.25) is 0 Å². The number of amides is 2. The number of hydrogen-bond acceptors (Lipinski definition) is 4. The van der Waals surface area contributed by atoms with Gasteiger partial charge in [-0.15, -0.1) is 0 Å². The number of hydrogen-bond donors (Lipinski definition) is 0. The molecule has 0 fully saturated rings. The number of pyridine rings is 1. The standard InChI is InChI=1S/C38H37FN4O2/c1-28-10-7-14-32-27-42(37(44)33-24-31-13-5-6-15-35(31)40-25-33)22-8-20-41(26-29-11-3-2-4-12-29)21-9-23-43(36(28)32)38(45)30-16-18-34(39)19-17-30/h2-7,10-19,24-25H,8-9,20-23,26-27H2,1H3. The van der Waals surface area contributed by atoms with Crippen molar-refractivity contribution >= 4 is 28.4 Å². The highest BCUT2D eigenvalue weighted by atomic mass is 19.1. The molecule has 0 radical (unpaired) electrons. The minimum absolute atomic E-state index is 0.0937. The van der Waals surface area contributed by atoms with Crippen LogP contribution in [0.25, 0.3) is 10.9 Å². The maximum Gasteiger partial charge on any atom is 0.258 e. The number of nitrogens with zero attached hydrogens (tertiary/aromatic N) is 4. The second-order valence-electron chi connectivity index (χ2n) is 11.7. The number of fused-ring (bicyclic) bond motifs is 2. The zero-order valence-corrected chi connectivity index (χ0v) is 25.5. The number of anilines is 1. The molecule has 4 aromatic carbocycles. The molecule has 6 nitrogen and oxygen atoms in total. The number of halogens is 1. The molecule has 1 aliphatic heterocycles. The van der Waals surface area contributed by atoms with Crippen LogP contribution in [-0.4, -0.2) is 52.8 Å². The molecule has 0 atom stereocenters. The van der Waals surface area contributed by atoms with Crippen molar-refractivity contribution in [2.75, 3.05) is 31.1 Å². The molecule has 0 unspecified atom stereocenters. The Morgan fingerprint density at radius 1 is 0.756 bits per heavy atom. The van der Waals surface area contributed by atoms with Gasteiger partial charge >= 0.3 is 0 Å². The molecule has 0 saturated carbocycles. The van der Waals surface area contributed by atoms with Gasteiger partial charge in [-0.1, -0.05) is 66.7 Å². The number of para-hydroxylation sites is 2. The van der Waals surface area contributed by atoms with E-state index in [-0.39, 0.29) is 17.6 Å². The van der Waals surface area contributed by atoms with Gasteiger partial charge in [-0.2, -0.15) is 0 Å². The summed E-state index contributed by atoms with van der Waals surface area (Å²) < 4.78 is 13.8. The Morgan fingerprint density at radius 3 is 2.29 bits per heavy atom. The van der Waals surface area contributed by atoms with E-state index in [0.29, 0.717) is 30.8 Å². The van der Waals surface area contributed by atoms with Crippen molar-refractivity contribution < 1.29 is 14.0 Å². The summed E-state index contributed by atoms with van der Waals surface area (Å²) in [6, 6.07) is 31.8. The van der Waals surface area contributed by atoms with Crippen LogP contribution in [0, 0.1) is 12.7 Å². The Kier molecular flexibility index (Phi) is 9.27. The van der Waals surface area contributed by atoms with Crippen LogP contribution < -0.4 is 4.90 Å². The molecule has 0 saturated heterocycles. The van der Waals surface area contributed by atoms with Gasteiger partial charge in [-0.25, -0.2) is 4.39 Å². The fourth-order valence-electron chi connectivity index (χ4n) is 6.17. The molecular weight excluding hydrogens is 563 g/mol. The van der Waals surface area contributed by atoms with Crippen LogP contribution >= 0.6 is 0 Å². The van der Waals surface area contributed by atoms with E-state index < -0.39 is 0 Å². The minimum Gasteiger partial charge on any atom is -0.334 e. The van der Waals surface area contributed by atoms with E-state index in [2.05, 4.69) is 22.0 Å². The molecule has 1 aliphatic rings. The molecule has 6 rings (SSSR count). The van der Waals surface area contributed by atoms with Crippen molar-refractivity contribution in [3.8, 4) is 0 Å². The van der Waals surface area contributed by atoms with Crippen molar-refractivity contribution in [2.24, 2.45) is 0 Å². The van der Waals surface area contributed by atoms with Crippen molar-refractivity contribution in [3.63, 3.8) is 0 Å². The fourth-order valence-corrected chi connectivity index (χ4v) is 6.17. The smallest absolute Gasteiger partial charge is 0.258 e. The van der Waals surface area contributed by atoms with Crippen LogP contribution in [-0.2, 0) is 13.1 Å². The third-order valence-corrected chi connectivity index (χ3v) is 8.42. The third-order valence-electron chi connectivity index (χ3n) is 8.42. The monoisotopic (exact) mass is 600 g/mol. The Morgan fingerprint density at radius 2 is 1.49 bits per heavy atom. The number of benzene rings is 4. The fraction of sp³-hybridized carbons (Fsp3) is 0.237. The van der Waals surface area contributed by atoms with Crippen molar-refractivity contribution in [2.45, 2.75) is 32.9 Å². The predicted octanol–water partition coefficient (Wildman–Crippen LogP) is 7.27. The highest BCUT2D eigenvalue weighted by Gasteiger charge is 2.26. The Bertz CT molecular complexity index is 1790. The van der Waals surface area contributed by atoms with E-state index in [0.717, 1.165) is 60.2 Å². The second kappa shape index (κ2) is 13.8. The lowest BCUT2D eigenvalue weighted by Crippen LogP contribution is -2.39. The molecule has 0 aliphatic carbocycles. The number of aryl methyl sites for hydroxylation is 1. The first kappa shape index (κ1) is 30.2. The van der Waals surface area contributed by atoms with Gasteiger partial charge in [0.1, 0.15) is 5.82 Å². The summed E-state index contributed by atoms with van der Waals surface area (Å²) in [6.45, 7) is 5.75. The predicted molar refractivity (Wildman–Crippen MR) is 177 cm³/mol. The molecule has 1 aromatic heterocycles. The molecule has 45 heavy (non-hydrogen) atoms. The van der Waals surface area contributed by atoms with Crippen LogP contribution in [0.4, 0.5) is 10.1 Å².